The van der Waals surface area contributed by atoms with Gasteiger partial charge >= 0.3 is 5.97 Å². The van der Waals surface area contributed by atoms with Gasteiger partial charge in [-0.05, 0) is 48.0 Å². The van der Waals surface area contributed by atoms with Gasteiger partial charge in [-0.25, -0.2) is 9.18 Å². The molecule has 2 N–H and O–H groups in total. The molecule has 0 spiro atoms. The number of nitrogens with zero attached hydrogens (tertiary/aromatic N) is 1. The minimum Gasteiger partial charge on any atom is -0.478 e. The van der Waals surface area contributed by atoms with Crippen LogP contribution in [-0.4, -0.2) is 21.0 Å². The molecule has 0 amide bonds. The standard InChI is InChI=1S/C16H11FN2O2/c17-12-3-1-11(2-4-12)15-13(16(20)21)9-14(19-15)10-5-7-18-8-6-10/h1-9,19H,(H,20,21). The average Bonchev–Trinajstić information content (AvgIpc) is 2.94. The maximum Gasteiger partial charge on any atom is 0.337 e. The molecule has 0 fully saturated rings. The number of H-pyrrole nitrogens is 1. The van der Waals surface area contributed by atoms with Gasteiger partial charge in [-0.2, -0.15) is 0 Å². The molecule has 3 aromatic rings. The van der Waals surface area contributed by atoms with E-state index in [0.29, 0.717) is 17.0 Å². The quantitative estimate of drug-likeness (QED) is 0.771. The number of pyridine rings is 1. The molecule has 0 bridgehead atoms. The summed E-state index contributed by atoms with van der Waals surface area (Å²) in [5.41, 5.74) is 2.73. The van der Waals surface area contributed by atoms with Crippen molar-refractivity contribution in [2.45, 2.75) is 0 Å². The van der Waals surface area contributed by atoms with Crippen LogP contribution in [0.3, 0.4) is 0 Å². The highest BCUT2D eigenvalue weighted by Gasteiger charge is 2.16. The summed E-state index contributed by atoms with van der Waals surface area (Å²) in [4.78, 5) is 18.4. The van der Waals surface area contributed by atoms with Crippen molar-refractivity contribution in [3.63, 3.8) is 0 Å². The molecule has 0 unspecified atom stereocenters. The van der Waals surface area contributed by atoms with Crippen molar-refractivity contribution < 1.29 is 14.3 Å². The summed E-state index contributed by atoms with van der Waals surface area (Å²) >= 11 is 0. The zero-order chi connectivity index (χ0) is 14.8. The molecule has 1 aromatic carbocycles. The molecule has 2 heterocycles. The van der Waals surface area contributed by atoms with Crippen molar-refractivity contribution in [1.82, 2.24) is 9.97 Å². The number of hydrogen-bond donors (Lipinski definition) is 2. The second kappa shape index (κ2) is 5.20. The Morgan fingerprint density at radius 2 is 1.71 bits per heavy atom. The summed E-state index contributed by atoms with van der Waals surface area (Å²) < 4.78 is 13.0. The zero-order valence-electron chi connectivity index (χ0n) is 10.9. The Morgan fingerprint density at radius 1 is 1.05 bits per heavy atom. The Kier molecular flexibility index (Phi) is 3.23. The van der Waals surface area contributed by atoms with E-state index in [1.165, 1.54) is 12.1 Å². The first-order valence-electron chi connectivity index (χ1n) is 6.28. The molecule has 2 aromatic heterocycles. The number of benzene rings is 1. The smallest absolute Gasteiger partial charge is 0.337 e. The highest BCUT2D eigenvalue weighted by Crippen LogP contribution is 2.29. The van der Waals surface area contributed by atoms with Gasteiger partial charge in [0, 0.05) is 23.7 Å². The van der Waals surface area contributed by atoms with Gasteiger partial charge in [-0.3, -0.25) is 4.98 Å². The van der Waals surface area contributed by atoms with Crippen LogP contribution >= 0.6 is 0 Å². The topological polar surface area (TPSA) is 66.0 Å². The molecule has 0 saturated heterocycles. The third-order valence-electron chi connectivity index (χ3n) is 3.17. The second-order valence-corrected chi connectivity index (χ2v) is 4.52. The lowest BCUT2D eigenvalue weighted by atomic mass is 10.1. The van der Waals surface area contributed by atoms with Crippen molar-refractivity contribution in [3.05, 3.63) is 66.2 Å². The summed E-state index contributed by atoms with van der Waals surface area (Å²) in [5.74, 6) is -1.40. The van der Waals surface area contributed by atoms with Crippen LogP contribution in [0.1, 0.15) is 10.4 Å². The summed E-state index contributed by atoms with van der Waals surface area (Å²) in [6.07, 6.45) is 3.27. The number of carboxylic acids is 1. The van der Waals surface area contributed by atoms with Crippen LogP contribution in [0.2, 0.25) is 0 Å². The maximum absolute atomic E-state index is 13.0. The van der Waals surface area contributed by atoms with E-state index in [2.05, 4.69) is 9.97 Å². The molecule has 5 heteroatoms. The van der Waals surface area contributed by atoms with Crippen molar-refractivity contribution in [2.75, 3.05) is 0 Å². The number of nitrogens with one attached hydrogen (secondary N) is 1. The Labute approximate surface area is 119 Å². The van der Waals surface area contributed by atoms with Crippen molar-refractivity contribution in [3.8, 4) is 22.5 Å². The molecule has 21 heavy (non-hydrogen) atoms. The molecule has 0 aliphatic carbocycles. The minimum atomic E-state index is -1.04. The first kappa shape index (κ1) is 13.1. The van der Waals surface area contributed by atoms with Gasteiger partial charge in [0.15, 0.2) is 0 Å². The first-order valence-corrected chi connectivity index (χ1v) is 6.28. The van der Waals surface area contributed by atoms with Crippen LogP contribution in [0.25, 0.3) is 22.5 Å². The van der Waals surface area contributed by atoms with E-state index >= 15 is 0 Å². The third-order valence-corrected chi connectivity index (χ3v) is 3.17. The van der Waals surface area contributed by atoms with Gasteiger partial charge in [0.25, 0.3) is 0 Å². The van der Waals surface area contributed by atoms with E-state index < -0.39 is 5.97 Å². The largest absolute Gasteiger partial charge is 0.478 e. The van der Waals surface area contributed by atoms with E-state index in [0.717, 1.165) is 5.56 Å². The maximum atomic E-state index is 13.0. The molecule has 0 radical (unpaired) electrons. The summed E-state index contributed by atoms with van der Waals surface area (Å²) in [6, 6.07) is 10.8. The van der Waals surface area contributed by atoms with E-state index in [9.17, 15) is 14.3 Å². The van der Waals surface area contributed by atoms with Crippen LogP contribution < -0.4 is 0 Å². The first-order chi connectivity index (χ1) is 10.1. The molecule has 0 aliphatic rings. The highest BCUT2D eigenvalue weighted by molar-refractivity contribution is 5.97. The number of aromatic amines is 1. The van der Waals surface area contributed by atoms with E-state index in [1.807, 2.05) is 0 Å². The SMILES string of the molecule is O=C(O)c1cc(-c2ccncc2)[nH]c1-c1ccc(F)cc1. The van der Waals surface area contributed by atoms with Crippen LogP contribution in [0.4, 0.5) is 4.39 Å². The number of hydrogen-bond acceptors (Lipinski definition) is 2. The van der Waals surface area contributed by atoms with Crippen LogP contribution in [0, 0.1) is 5.82 Å². The lowest BCUT2D eigenvalue weighted by Crippen LogP contribution is -1.96. The molecule has 104 valence electrons. The zero-order valence-corrected chi connectivity index (χ0v) is 10.9. The van der Waals surface area contributed by atoms with Gasteiger partial charge < -0.3 is 10.1 Å². The fourth-order valence-electron chi connectivity index (χ4n) is 2.15. The fourth-order valence-corrected chi connectivity index (χ4v) is 2.15. The monoisotopic (exact) mass is 282 g/mol. The number of carboxylic acid groups (broad SMARTS) is 1. The fraction of sp³-hybridized carbons (Fsp3) is 0. The van der Waals surface area contributed by atoms with Crippen LogP contribution in [-0.2, 0) is 0 Å². The number of aromatic nitrogens is 2. The molecule has 0 aliphatic heterocycles. The Balaban J connectivity index is 2.14. The predicted molar refractivity (Wildman–Crippen MR) is 76.4 cm³/mol. The molecule has 0 atom stereocenters. The van der Waals surface area contributed by atoms with Crippen LogP contribution in [0.5, 0.6) is 0 Å². The number of aromatic carboxylic acids is 1. The van der Waals surface area contributed by atoms with Gasteiger partial charge in [-0.1, -0.05) is 0 Å². The molecule has 4 nitrogen and oxygen atoms in total. The molecule has 0 saturated carbocycles. The molecule has 3 rings (SSSR count). The summed E-state index contributed by atoms with van der Waals surface area (Å²) in [6.45, 7) is 0. The Bertz CT molecular complexity index is 780. The van der Waals surface area contributed by atoms with Crippen molar-refractivity contribution in [1.29, 1.82) is 0 Å². The lowest BCUT2D eigenvalue weighted by Gasteiger charge is -2.01. The summed E-state index contributed by atoms with van der Waals surface area (Å²) in [7, 11) is 0. The number of halogens is 1. The average molecular weight is 282 g/mol. The molecular weight excluding hydrogens is 271 g/mol. The van der Waals surface area contributed by atoms with E-state index in [4.69, 9.17) is 0 Å². The van der Waals surface area contributed by atoms with Gasteiger partial charge in [-0.15, -0.1) is 0 Å². The summed E-state index contributed by atoms with van der Waals surface area (Å²) in [5, 5.41) is 9.34. The molecular formula is C16H11FN2O2. The normalized spacial score (nSPS) is 10.5. The van der Waals surface area contributed by atoms with E-state index in [-0.39, 0.29) is 11.4 Å². The predicted octanol–water partition coefficient (Wildman–Crippen LogP) is 3.58. The number of rotatable bonds is 3. The lowest BCUT2D eigenvalue weighted by molar-refractivity contribution is 0.0698. The second-order valence-electron chi connectivity index (χ2n) is 4.52. The van der Waals surface area contributed by atoms with E-state index in [1.54, 1.807) is 42.7 Å². The Morgan fingerprint density at radius 3 is 2.33 bits per heavy atom. The van der Waals surface area contributed by atoms with Gasteiger partial charge in [0.2, 0.25) is 0 Å². The highest BCUT2D eigenvalue weighted by atomic mass is 19.1. The van der Waals surface area contributed by atoms with Gasteiger partial charge in [0.05, 0.1) is 11.3 Å². The van der Waals surface area contributed by atoms with Crippen LogP contribution in [0.15, 0.2) is 54.9 Å². The third kappa shape index (κ3) is 2.53. The van der Waals surface area contributed by atoms with Crippen molar-refractivity contribution >= 4 is 5.97 Å². The number of carbonyl (C=O) groups is 1. The van der Waals surface area contributed by atoms with Gasteiger partial charge in [0.1, 0.15) is 5.82 Å². The van der Waals surface area contributed by atoms with Crippen molar-refractivity contribution in [2.24, 2.45) is 0 Å². The Hall–Kier alpha value is -2.95. The minimum absolute atomic E-state index is 0.147.